The Balaban J connectivity index is 1.55. The van der Waals surface area contributed by atoms with Crippen LogP contribution in [-0.4, -0.2) is 46.5 Å². The summed E-state index contributed by atoms with van der Waals surface area (Å²) in [5.74, 6) is 1.35. The van der Waals surface area contributed by atoms with Crippen molar-refractivity contribution in [3.63, 3.8) is 0 Å². The number of fused-ring (bicyclic) bond motifs is 1. The number of hydrogen-bond acceptors (Lipinski definition) is 8. The summed E-state index contributed by atoms with van der Waals surface area (Å²) in [5, 5.41) is 0. The second kappa shape index (κ2) is 9.69. The maximum absolute atomic E-state index is 12.5. The van der Waals surface area contributed by atoms with Gasteiger partial charge in [0, 0.05) is 5.56 Å². The largest absolute Gasteiger partial charge is 0.493 e. The number of Topliss-reactive ketones (excluding diaryl/α,β-unsaturated/α-hetero) is 1. The Labute approximate surface area is 173 Å². The lowest BCUT2D eigenvalue weighted by Gasteiger charge is -2.13. The zero-order valence-corrected chi connectivity index (χ0v) is 16.9. The van der Waals surface area contributed by atoms with Gasteiger partial charge in [-0.3, -0.25) is 9.59 Å². The summed E-state index contributed by atoms with van der Waals surface area (Å²) >= 11 is 0. The number of esters is 1. The zero-order chi connectivity index (χ0) is 21.5. The molecule has 0 radical (unpaired) electrons. The molecule has 0 amide bonds. The first kappa shape index (κ1) is 21.0. The Morgan fingerprint density at radius 2 is 1.67 bits per heavy atom. The highest BCUT2D eigenvalue weighted by Crippen LogP contribution is 2.38. The lowest BCUT2D eigenvalue weighted by Crippen LogP contribution is -2.12. The second-order valence-electron chi connectivity index (χ2n) is 6.21. The van der Waals surface area contributed by atoms with Crippen LogP contribution in [0.5, 0.6) is 28.7 Å². The third-order valence-corrected chi connectivity index (χ3v) is 4.34. The molecule has 0 fully saturated rings. The normalized spacial score (nSPS) is 12.0. The molecule has 1 aliphatic rings. The van der Waals surface area contributed by atoms with Crippen molar-refractivity contribution < 1.29 is 38.0 Å². The van der Waals surface area contributed by atoms with Crippen molar-refractivity contribution in [1.29, 1.82) is 0 Å². The molecule has 0 spiro atoms. The number of carbonyl (C=O) groups excluding carboxylic acids is 2. The van der Waals surface area contributed by atoms with Crippen molar-refractivity contribution >= 4 is 17.8 Å². The van der Waals surface area contributed by atoms with Crippen molar-refractivity contribution in [3.05, 3.63) is 47.5 Å². The average Bonchev–Trinajstić information content (AvgIpc) is 3.23. The van der Waals surface area contributed by atoms with Crippen LogP contribution in [0.3, 0.4) is 0 Å². The molecular weight excluding hydrogens is 392 g/mol. The minimum Gasteiger partial charge on any atom is -0.493 e. The number of ether oxygens (including phenoxy) is 6. The van der Waals surface area contributed by atoms with E-state index in [9.17, 15) is 9.59 Å². The molecule has 0 bridgehead atoms. The fourth-order valence-electron chi connectivity index (χ4n) is 2.87. The molecule has 0 aliphatic carbocycles. The number of rotatable bonds is 9. The molecule has 3 rings (SSSR count). The van der Waals surface area contributed by atoms with E-state index in [2.05, 4.69) is 0 Å². The highest BCUT2D eigenvalue weighted by Gasteiger charge is 2.19. The maximum atomic E-state index is 12.5. The lowest BCUT2D eigenvalue weighted by molar-refractivity contribution is -0.141. The van der Waals surface area contributed by atoms with Crippen LogP contribution in [-0.2, 0) is 9.53 Å². The van der Waals surface area contributed by atoms with Crippen LogP contribution in [0.4, 0.5) is 0 Å². The predicted molar refractivity (Wildman–Crippen MR) is 108 cm³/mol. The Bertz CT molecular complexity index is 939. The molecule has 8 nitrogen and oxygen atoms in total. The van der Waals surface area contributed by atoms with Gasteiger partial charge in [-0.05, 0) is 35.9 Å². The fourth-order valence-corrected chi connectivity index (χ4v) is 2.87. The highest BCUT2D eigenvalue weighted by molar-refractivity contribution is 6.06. The van der Waals surface area contributed by atoms with Crippen LogP contribution in [0.25, 0.3) is 6.08 Å². The van der Waals surface area contributed by atoms with Gasteiger partial charge in [0.25, 0.3) is 0 Å². The van der Waals surface area contributed by atoms with E-state index < -0.39 is 18.2 Å². The molecule has 1 heterocycles. The van der Waals surface area contributed by atoms with Crippen molar-refractivity contribution in [1.82, 2.24) is 0 Å². The minimum atomic E-state index is -0.635. The topological polar surface area (TPSA) is 89.5 Å². The third kappa shape index (κ3) is 4.83. The summed E-state index contributed by atoms with van der Waals surface area (Å²) in [6, 6.07) is 8.49. The average molecular weight is 414 g/mol. The van der Waals surface area contributed by atoms with Gasteiger partial charge in [0.2, 0.25) is 12.5 Å². The van der Waals surface area contributed by atoms with Gasteiger partial charge in [0.1, 0.15) is 13.0 Å². The molecule has 2 aromatic rings. The third-order valence-electron chi connectivity index (χ3n) is 4.34. The molecule has 158 valence electrons. The van der Waals surface area contributed by atoms with Crippen molar-refractivity contribution in [2.45, 2.75) is 6.42 Å². The highest BCUT2D eigenvalue weighted by atomic mass is 16.7. The van der Waals surface area contributed by atoms with Gasteiger partial charge >= 0.3 is 5.97 Å². The monoisotopic (exact) mass is 414 g/mol. The molecule has 8 heteroatoms. The first-order chi connectivity index (χ1) is 14.5. The summed E-state index contributed by atoms with van der Waals surface area (Å²) in [6.07, 6.45) is 3.06. The lowest BCUT2D eigenvalue weighted by atomic mass is 10.1. The van der Waals surface area contributed by atoms with Gasteiger partial charge in [-0.1, -0.05) is 12.1 Å². The number of benzene rings is 2. The van der Waals surface area contributed by atoms with Gasteiger partial charge < -0.3 is 28.4 Å². The van der Waals surface area contributed by atoms with Gasteiger partial charge in [0.15, 0.2) is 28.8 Å². The van der Waals surface area contributed by atoms with Gasteiger partial charge in [0.05, 0.1) is 21.3 Å². The first-order valence-electron chi connectivity index (χ1n) is 9.10. The summed E-state index contributed by atoms with van der Waals surface area (Å²) in [5.41, 5.74) is 1.14. The molecule has 0 saturated carbocycles. The van der Waals surface area contributed by atoms with E-state index in [0.717, 1.165) is 5.56 Å². The molecule has 2 aromatic carbocycles. The molecule has 0 N–H and O–H groups in total. The van der Waals surface area contributed by atoms with Gasteiger partial charge in [-0.2, -0.15) is 0 Å². The molecule has 30 heavy (non-hydrogen) atoms. The first-order valence-corrected chi connectivity index (χ1v) is 9.10. The molecule has 0 unspecified atom stereocenters. The Kier molecular flexibility index (Phi) is 6.79. The molecule has 0 aromatic heterocycles. The van der Waals surface area contributed by atoms with Gasteiger partial charge in [-0.25, -0.2) is 0 Å². The quantitative estimate of drug-likeness (QED) is 0.351. The van der Waals surface area contributed by atoms with E-state index in [1.165, 1.54) is 33.5 Å². The maximum Gasteiger partial charge on any atom is 0.314 e. The van der Waals surface area contributed by atoms with Crippen molar-refractivity contribution in [3.8, 4) is 28.7 Å². The number of ketones is 1. The fraction of sp³-hybridized carbons (Fsp3) is 0.273. The van der Waals surface area contributed by atoms with E-state index in [4.69, 9.17) is 28.4 Å². The Morgan fingerprint density at radius 1 is 0.967 bits per heavy atom. The summed E-state index contributed by atoms with van der Waals surface area (Å²) in [6.45, 7) is 0.246. The van der Waals surface area contributed by atoms with E-state index in [-0.39, 0.29) is 19.0 Å². The van der Waals surface area contributed by atoms with Crippen LogP contribution in [0, 0.1) is 0 Å². The van der Waals surface area contributed by atoms with Crippen LogP contribution in [0.1, 0.15) is 22.3 Å². The number of carbonyl (C=O) groups is 2. The van der Waals surface area contributed by atoms with E-state index >= 15 is 0 Å². The molecular formula is C22H22O8. The molecule has 1 aliphatic heterocycles. The SMILES string of the molecule is COc1cc(C(=O)CC(=O)OC/C=C/c2ccc3c(c2)OCO3)cc(OC)c1OC. The number of hydrogen-bond donors (Lipinski definition) is 0. The molecule has 0 atom stereocenters. The van der Waals surface area contributed by atoms with Crippen LogP contribution >= 0.6 is 0 Å². The zero-order valence-electron chi connectivity index (χ0n) is 16.9. The smallest absolute Gasteiger partial charge is 0.314 e. The summed E-state index contributed by atoms with van der Waals surface area (Å²) in [4.78, 5) is 24.5. The predicted octanol–water partition coefficient (Wildman–Crippen LogP) is 3.27. The van der Waals surface area contributed by atoms with Gasteiger partial charge in [-0.15, -0.1) is 0 Å². The standard InChI is InChI=1S/C22H22O8/c1-25-19-10-15(11-20(26-2)22(19)27-3)16(23)12-21(24)28-8-4-5-14-6-7-17-18(9-14)30-13-29-17/h4-7,9-11H,8,12-13H2,1-3H3/b5-4+. The summed E-state index contributed by atoms with van der Waals surface area (Å²) in [7, 11) is 4.37. The number of methoxy groups -OCH3 is 3. The van der Waals surface area contributed by atoms with E-state index in [0.29, 0.717) is 28.7 Å². The van der Waals surface area contributed by atoms with E-state index in [1.54, 1.807) is 12.2 Å². The Hall–Kier alpha value is -3.68. The summed E-state index contributed by atoms with van der Waals surface area (Å²) < 4.78 is 31.4. The van der Waals surface area contributed by atoms with Crippen LogP contribution < -0.4 is 23.7 Å². The minimum absolute atomic E-state index is 0.0375. The Morgan fingerprint density at radius 3 is 2.33 bits per heavy atom. The van der Waals surface area contributed by atoms with Crippen molar-refractivity contribution in [2.24, 2.45) is 0 Å². The van der Waals surface area contributed by atoms with Crippen LogP contribution in [0.15, 0.2) is 36.4 Å². The van der Waals surface area contributed by atoms with Crippen molar-refractivity contribution in [2.75, 3.05) is 34.7 Å². The van der Waals surface area contributed by atoms with E-state index in [1.807, 2.05) is 18.2 Å². The molecule has 0 saturated heterocycles. The second-order valence-corrected chi connectivity index (χ2v) is 6.21. The van der Waals surface area contributed by atoms with Crippen LogP contribution in [0.2, 0.25) is 0 Å².